The van der Waals surface area contributed by atoms with Gasteiger partial charge >= 0.3 is 0 Å². The topological polar surface area (TPSA) is 99.8 Å². The summed E-state index contributed by atoms with van der Waals surface area (Å²) in [5, 5.41) is 20.6. The summed E-state index contributed by atoms with van der Waals surface area (Å²) in [5.41, 5.74) is 2.38. The number of rotatable bonds is 6. The van der Waals surface area contributed by atoms with Crippen LogP contribution in [0.2, 0.25) is 0 Å². The van der Waals surface area contributed by atoms with Crippen LogP contribution in [0.4, 0.5) is 5.82 Å². The Morgan fingerprint density at radius 2 is 2.00 bits per heavy atom. The average molecular weight is 391 g/mol. The van der Waals surface area contributed by atoms with Crippen molar-refractivity contribution in [2.75, 3.05) is 5.32 Å². The summed E-state index contributed by atoms with van der Waals surface area (Å²) in [6.45, 7) is 3.92. The van der Waals surface area contributed by atoms with Crippen LogP contribution in [0.1, 0.15) is 13.8 Å². The standard InChI is InChI=1S/C20H21N7O2/c1-13(2)29-19-9-8-16(23-24-19)14-10-21-27(11-14)12-18(28)22-20-15-6-4-5-7-17(15)26(3)25-20/h4-11,13H,12H2,1-3H3,(H,22,25,28). The van der Waals surface area contributed by atoms with Gasteiger partial charge in [0.2, 0.25) is 11.8 Å². The Balaban J connectivity index is 1.44. The van der Waals surface area contributed by atoms with Crippen molar-refractivity contribution in [3.8, 4) is 17.1 Å². The highest BCUT2D eigenvalue weighted by atomic mass is 16.5. The molecule has 0 saturated heterocycles. The van der Waals surface area contributed by atoms with Crippen molar-refractivity contribution in [2.45, 2.75) is 26.5 Å². The second-order valence-electron chi connectivity index (χ2n) is 6.89. The second kappa shape index (κ2) is 7.70. The Labute approximate surface area is 167 Å². The third-order valence-corrected chi connectivity index (χ3v) is 4.25. The van der Waals surface area contributed by atoms with Gasteiger partial charge in [0.15, 0.2) is 5.82 Å². The van der Waals surface area contributed by atoms with Crippen LogP contribution >= 0.6 is 0 Å². The van der Waals surface area contributed by atoms with E-state index in [2.05, 4.69) is 25.7 Å². The lowest BCUT2D eigenvalue weighted by Crippen LogP contribution is -2.19. The minimum atomic E-state index is -0.213. The summed E-state index contributed by atoms with van der Waals surface area (Å²) in [6.07, 6.45) is 3.44. The highest BCUT2D eigenvalue weighted by Gasteiger charge is 2.13. The Kier molecular flexibility index (Phi) is 4.94. The molecule has 0 atom stereocenters. The maximum Gasteiger partial charge on any atom is 0.247 e. The number of hydrogen-bond donors (Lipinski definition) is 1. The van der Waals surface area contributed by atoms with E-state index in [0.717, 1.165) is 16.5 Å². The predicted molar refractivity (Wildman–Crippen MR) is 108 cm³/mol. The predicted octanol–water partition coefficient (Wildman–Crippen LogP) is 2.65. The average Bonchev–Trinajstić information content (AvgIpc) is 3.27. The number of benzene rings is 1. The van der Waals surface area contributed by atoms with Crippen LogP contribution in [0.15, 0.2) is 48.8 Å². The van der Waals surface area contributed by atoms with Gasteiger partial charge < -0.3 is 10.1 Å². The molecule has 1 aromatic carbocycles. The summed E-state index contributed by atoms with van der Waals surface area (Å²) >= 11 is 0. The van der Waals surface area contributed by atoms with E-state index in [-0.39, 0.29) is 18.6 Å². The molecule has 0 bridgehead atoms. The molecule has 0 saturated carbocycles. The third-order valence-electron chi connectivity index (χ3n) is 4.25. The molecule has 0 aliphatic heterocycles. The van der Waals surface area contributed by atoms with Crippen LogP contribution in [-0.2, 0) is 18.4 Å². The quantitative estimate of drug-likeness (QED) is 0.542. The zero-order valence-electron chi connectivity index (χ0n) is 16.4. The first-order valence-corrected chi connectivity index (χ1v) is 9.24. The number of aryl methyl sites for hydroxylation is 1. The van der Waals surface area contributed by atoms with Crippen LogP contribution < -0.4 is 10.1 Å². The second-order valence-corrected chi connectivity index (χ2v) is 6.89. The molecular formula is C20H21N7O2. The van der Waals surface area contributed by atoms with Gasteiger partial charge in [0.1, 0.15) is 6.54 Å². The summed E-state index contributed by atoms with van der Waals surface area (Å²) in [5.74, 6) is 0.792. The van der Waals surface area contributed by atoms with Crippen molar-refractivity contribution in [3.05, 3.63) is 48.8 Å². The van der Waals surface area contributed by atoms with Gasteiger partial charge in [-0.05, 0) is 32.0 Å². The van der Waals surface area contributed by atoms with E-state index in [1.807, 2.05) is 51.2 Å². The van der Waals surface area contributed by atoms with E-state index >= 15 is 0 Å². The van der Waals surface area contributed by atoms with Gasteiger partial charge in [-0.1, -0.05) is 12.1 Å². The van der Waals surface area contributed by atoms with Crippen molar-refractivity contribution < 1.29 is 9.53 Å². The molecule has 0 aliphatic carbocycles. The van der Waals surface area contributed by atoms with Gasteiger partial charge in [-0.15, -0.1) is 10.2 Å². The number of nitrogens with one attached hydrogen (secondary N) is 1. The van der Waals surface area contributed by atoms with E-state index in [9.17, 15) is 4.79 Å². The molecule has 0 aliphatic rings. The van der Waals surface area contributed by atoms with Crippen molar-refractivity contribution in [3.63, 3.8) is 0 Å². The molecule has 9 nitrogen and oxygen atoms in total. The zero-order chi connectivity index (χ0) is 20.4. The van der Waals surface area contributed by atoms with E-state index in [1.165, 1.54) is 0 Å². The maximum atomic E-state index is 12.5. The van der Waals surface area contributed by atoms with Gasteiger partial charge in [-0.25, -0.2) is 0 Å². The lowest BCUT2D eigenvalue weighted by molar-refractivity contribution is -0.116. The third kappa shape index (κ3) is 4.08. The number of ether oxygens (including phenoxy) is 1. The maximum absolute atomic E-state index is 12.5. The fourth-order valence-electron chi connectivity index (χ4n) is 2.99. The first-order chi connectivity index (χ1) is 14.0. The molecule has 0 radical (unpaired) electrons. The number of para-hydroxylation sites is 1. The highest BCUT2D eigenvalue weighted by molar-refractivity contribution is 5.99. The molecular weight excluding hydrogens is 370 g/mol. The Hall–Kier alpha value is -3.75. The minimum Gasteiger partial charge on any atom is -0.474 e. The number of fused-ring (bicyclic) bond motifs is 1. The minimum absolute atomic E-state index is 0.0348. The summed E-state index contributed by atoms with van der Waals surface area (Å²) in [6, 6.07) is 11.3. The van der Waals surface area contributed by atoms with E-state index in [4.69, 9.17) is 4.74 Å². The fraction of sp³-hybridized carbons (Fsp3) is 0.250. The molecule has 0 unspecified atom stereocenters. The lowest BCUT2D eigenvalue weighted by Gasteiger charge is -2.07. The number of hydrogen-bond acceptors (Lipinski definition) is 6. The first kappa shape index (κ1) is 18.6. The Morgan fingerprint density at radius 1 is 1.17 bits per heavy atom. The lowest BCUT2D eigenvalue weighted by atomic mass is 10.2. The number of carbonyl (C=O) groups excluding carboxylic acids is 1. The van der Waals surface area contributed by atoms with E-state index in [0.29, 0.717) is 17.4 Å². The zero-order valence-corrected chi connectivity index (χ0v) is 16.4. The van der Waals surface area contributed by atoms with Gasteiger partial charge in [-0.2, -0.15) is 10.2 Å². The van der Waals surface area contributed by atoms with E-state index < -0.39 is 0 Å². The number of carbonyl (C=O) groups is 1. The number of anilines is 1. The smallest absolute Gasteiger partial charge is 0.247 e. The molecule has 1 amide bonds. The monoisotopic (exact) mass is 391 g/mol. The largest absolute Gasteiger partial charge is 0.474 e. The Bertz CT molecular complexity index is 1150. The summed E-state index contributed by atoms with van der Waals surface area (Å²) < 4.78 is 8.79. The van der Waals surface area contributed by atoms with Crippen molar-refractivity contribution in [2.24, 2.45) is 7.05 Å². The van der Waals surface area contributed by atoms with Crippen LogP contribution in [0.5, 0.6) is 5.88 Å². The van der Waals surface area contributed by atoms with Crippen LogP contribution in [-0.4, -0.2) is 41.8 Å². The molecule has 4 rings (SSSR count). The summed E-state index contributed by atoms with van der Waals surface area (Å²) in [4.78, 5) is 12.5. The number of amides is 1. The van der Waals surface area contributed by atoms with E-state index in [1.54, 1.807) is 27.8 Å². The molecule has 0 spiro atoms. The molecule has 0 fully saturated rings. The van der Waals surface area contributed by atoms with Gasteiger partial charge in [0, 0.05) is 30.3 Å². The van der Waals surface area contributed by atoms with Crippen LogP contribution in [0.3, 0.4) is 0 Å². The fourth-order valence-corrected chi connectivity index (χ4v) is 2.99. The Morgan fingerprint density at radius 3 is 2.76 bits per heavy atom. The van der Waals surface area contributed by atoms with Crippen molar-refractivity contribution in [1.29, 1.82) is 0 Å². The molecule has 3 aromatic heterocycles. The van der Waals surface area contributed by atoms with Crippen molar-refractivity contribution in [1.82, 2.24) is 29.8 Å². The van der Waals surface area contributed by atoms with Crippen LogP contribution in [0.25, 0.3) is 22.2 Å². The molecule has 1 N–H and O–H groups in total. The first-order valence-electron chi connectivity index (χ1n) is 9.24. The molecule has 3 heterocycles. The van der Waals surface area contributed by atoms with Crippen molar-refractivity contribution >= 4 is 22.6 Å². The summed E-state index contributed by atoms with van der Waals surface area (Å²) in [7, 11) is 1.84. The number of aromatic nitrogens is 6. The van der Waals surface area contributed by atoms with Gasteiger partial charge in [0.25, 0.3) is 0 Å². The number of nitrogens with zero attached hydrogens (tertiary/aromatic N) is 6. The normalized spacial score (nSPS) is 11.2. The SMILES string of the molecule is CC(C)Oc1ccc(-c2cnn(CC(=O)Nc3nn(C)c4ccccc34)c2)nn1. The molecule has 148 valence electrons. The van der Waals surface area contributed by atoms with Gasteiger partial charge in [-0.3, -0.25) is 14.2 Å². The van der Waals surface area contributed by atoms with Crippen LogP contribution in [0, 0.1) is 0 Å². The molecule has 9 heteroatoms. The molecule has 29 heavy (non-hydrogen) atoms. The van der Waals surface area contributed by atoms with Gasteiger partial charge in [0.05, 0.1) is 23.5 Å². The highest BCUT2D eigenvalue weighted by Crippen LogP contribution is 2.22. The molecule has 4 aromatic rings.